The molecule has 4 heteroatoms. The molecule has 0 amide bonds. The Morgan fingerprint density at radius 1 is 1.28 bits per heavy atom. The molecule has 0 saturated carbocycles. The zero-order valence-corrected chi connectivity index (χ0v) is 11.1. The van der Waals surface area contributed by atoms with Crippen molar-refractivity contribution >= 4 is 11.6 Å². The lowest BCUT2D eigenvalue weighted by Gasteiger charge is -2.08. The SMILES string of the molecule is COc1ccc(Cn2cc(Cl)cc(C)c2=O)cc1. The van der Waals surface area contributed by atoms with Crippen molar-refractivity contribution in [2.75, 3.05) is 7.11 Å². The lowest BCUT2D eigenvalue weighted by molar-refractivity contribution is 0.414. The Labute approximate surface area is 111 Å². The van der Waals surface area contributed by atoms with Crippen molar-refractivity contribution in [2.24, 2.45) is 0 Å². The van der Waals surface area contributed by atoms with Gasteiger partial charge in [0.15, 0.2) is 0 Å². The summed E-state index contributed by atoms with van der Waals surface area (Å²) >= 11 is 5.96. The van der Waals surface area contributed by atoms with Crippen LogP contribution >= 0.6 is 11.6 Å². The van der Waals surface area contributed by atoms with Gasteiger partial charge in [0.1, 0.15) is 5.75 Å². The number of ether oxygens (including phenoxy) is 1. The standard InChI is InChI=1S/C14H14ClNO2/c1-10-7-12(15)9-16(14(10)17)8-11-3-5-13(18-2)6-4-11/h3-7,9H,8H2,1-2H3. The third-order valence-electron chi connectivity index (χ3n) is 2.74. The molecule has 0 aliphatic carbocycles. The van der Waals surface area contributed by atoms with E-state index in [9.17, 15) is 4.79 Å². The largest absolute Gasteiger partial charge is 0.497 e. The minimum absolute atomic E-state index is 0.0183. The van der Waals surface area contributed by atoms with Crippen LogP contribution in [-0.4, -0.2) is 11.7 Å². The summed E-state index contributed by atoms with van der Waals surface area (Å²) in [6.07, 6.45) is 1.65. The first kappa shape index (κ1) is 12.7. The molecule has 2 rings (SSSR count). The lowest BCUT2D eigenvalue weighted by Crippen LogP contribution is -2.22. The van der Waals surface area contributed by atoms with Crippen LogP contribution in [0.2, 0.25) is 5.02 Å². The van der Waals surface area contributed by atoms with Crippen LogP contribution in [0.1, 0.15) is 11.1 Å². The van der Waals surface area contributed by atoms with Crippen molar-refractivity contribution in [2.45, 2.75) is 13.5 Å². The molecule has 3 nitrogen and oxygen atoms in total. The highest BCUT2D eigenvalue weighted by molar-refractivity contribution is 6.30. The van der Waals surface area contributed by atoms with E-state index >= 15 is 0 Å². The predicted octanol–water partition coefficient (Wildman–Crippen LogP) is 2.87. The third-order valence-corrected chi connectivity index (χ3v) is 2.95. The molecule has 0 atom stereocenters. The second kappa shape index (κ2) is 5.27. The number of hydrogen-bond acceptors (Lipinski definition) is 2. The molecule has 0 unspecified atom stereocenters. The summed E-state index contributed by atoms with van der Waals surface area (Å²) in [5.74, 6) is 0.799. The number of aryl methyl sites for hydroxylation is 1. The molecule has 0 N–H and O–H groups in total. The molecule has 0 aliphatic rings. The van der Waals surface area contributed by atoms with E-state index in [4.69, 9.17) is 16.3 Å². The fourth-order valence-electron chi connectivity index (χ4n) is 1.78. The quantitative estimate of drug-likeness (QED) is 0.853. The third kappa shape index (κ3) is 2.74. The van der Waals surface area contributed by atoms with Gasteiger partial charge in [-0.15, -0.1) is 0 Å². The first-order valence-corrected chi connectivity index (χ1v) is 5.97. The molecule has 1 heterocycles. The topological polar surface area (TPSA) is 31.2 Å². The summed E-state index contributed by atoms with van der Waals surface area (Å²) in [6, 6.07) is 9.28. The Balaban J connectivity index is 2.31. The summed E-state index contributed by atoms with van der Waals surface area (Å²) in [5.41, 5.74) is 1.66. The van der Waals surface area contributed by atoms with Crippen LogP contribution in [0.3, 0.4) is 0 Å². The van der Waals surface area contributed by atoms with Crippen molar-refractivity contribution in [1.29, 1.82) is 0 Å². The zero-order valence-electron chi connectivity index (χ0n) is 10.3. The molecule has 0 fully saturated rings. The number of halogens is 1. The molecule has 0 spiro atoms. The molecule has 1 aromatic carbocycles. The Kier molecular flexibility index (Phi) is 3.72. The summed E-state index contributed by atoms with van der Waals surface area (Å²) in [4.78, 5) is 11.9. The van der Waals surface area contributed by atoms with Gasteiger partial charge in [0.2, 0.25) is 0 Å². The van der Waals surface area contributed by atoms with E-state index in [-0.39, 0.29) is 5.56 Å². The monoisotopic (exact) mass is 263 g/mol. The molecule has 0 saturated heterocycles. The van der Waals surface area contributed by atoms with E-state index in [1.807, 2.05) is 24.3 Å². The summed E-state index contributed by atoms with van der Waals surface area (Å²) in [5, 5.41) is 0.570. The van der Waals surface area contributed by atoms with Gasteiger partial charge in [0.05, 0.1) is 18.7 Å². The van der Waals surface area contributed by atoms with Gasteiger partial charge in [-0.25, -0.2) is 0 Å². The minimum atomic E-state index is -0.0183. The van der Waals surface area contributed by atoms with Gasteiger partial charge < -0.3 is 9.30 Å². The highest BCUT2D eigenvalue weighted by Crippen LogP contribution is 2.13. The number of rotatable bonds is 3. The Hall–Kier alpha value is -1.74. The summed E-state index contributed by atoms with van der Waals surface area (Å²) in [6.45, 7) is 2.27. The first-order chi connectivity index (χ1) is 8.60. The van der Waals surface area contributed by atoms with Crippen LogP contribution in [0.5, 0.6) is 5.75 Å². The lowest BCUT2D eigenvalue weighted by atomic mass is 10.2. The highest BCUT2D eigenvalue weighted by atomic mass is 35.5. The van der Waals surface area contributed by atoms with E-state index in [2.05, 4.69) is 0 Å². The van der Waals surface area contributed by atoms with Crippen LogP contribution < -0.4 is 10.3 Å². The van der Waals surface area contributed by atoms with Crippen molar-refractivity contribution < 1.29 is 4.74 Å². The first-order valence-electron chi connectivity index (χ1n) is 5.59. The maximum absolute atomic E-state index is 11.9. The second-order valence-corrected chi connectivity index (χ2v) is 4.56. The molecule has 0 aliphatic heterocycles. The smallest absolute Gasteiger partial charge is 0.253 e. The molecule has 94 valence electrons. The Morgan fingerprint density at radius 3 is 2.56 bits per heavy atom. The molecule has 18 heavy (non-hydrogen) atoms. The van der Waals surface area contributed by atoms with Gasteiger partial charge in [-0.05, 0) is 30.7 Å². The van der Waals surface area contributed by atoms with Gasteiger partial charge in [0.25, 0.3) is 5.56 Å². The molecule has 1 aromatic heterocycles. The van der Waals surface area contributed by atoms with E-state index in [1.54, 1.807) is 30.9 Å². The van der Waals surface area contributed by atoms with E-state index < -0.39 is 0 Å². The van der Waals surface area contributed by atoms with Gasteiger partial charge in [0, 0.05) is 11.8 Å². The van der Waals surface area contributed by atoms with Crippen LogP contribution in [0, 0.1) is 6.92 Å². The van der Waals surface area contributed by atoms with E-state index in [0.29, 0.717) is 17.1 Å². The van der Waals surface area contributed by atoms with Gasteiger partial charge >= 0.3 is 0 Å². The van der Waals surface area contributed by atoms with Crippen molar-refractivity contribution in [1.82, 2.24) is 4.57 Å². The summed E-state index contributed by atoms with van der Waals surface area (Å²) in [7, 11) is 1.62. The molecular weight excluding hydrogens is 250 g/mol. The molecule has 0 bridgehead atoms. The fraction of sp³-hybridized carbons (Fsp3) is 0.214. The summed E-state index contributed by atoms with van der Waals surface area (Å²) < 4.78 is 6.70. The highest BCUT2D eigenvalue weighted by Gasteiger charge is 2.03. The number of aromatic nitrogens is 1. The number of benzene rings is 1. The molecule has 0 radical (unpaired) electrons. The number of hydrogen-bond donors (Lipinski definition) is 0. The van der Waals surface area contributed by atoms with Crippen molar-refractivity contribution in [3.8, 4) is 5.75 Å². The van der Waals surface area contributed by atoms with Crippen LogP contribution in [0.4, 0.5) is 0 Å². The van der Waals surface area contributed by atoms with Crippen LogP contribution in [0.25, 0.3) is 0 Å². The average molecular weight is 264 g/mol. The number of methoxy groups -OCH3 is 1. The zero-order chi connectivity index (χ0) is 13.1. The maximum atomic E-state index is 11.9. The number of nitrogens with zero attached hydrogens (tertiary/aromatic N) is 1. The van der Waals surface area contributed by atoms with Crippen molar-refractivity contribution in [3.63, 3.8) is 0 Å². The average Bonchev–Trinajstić information content (AvgIpc) is 2.36. The number of pyridine rings is 1. The molecular formula is C14H14ClNO2. The normalized spacial score (nSPS) is 10.4. The van der Waals surface area contributed by atoms with Crippen molar-refractivity contribution in [3.05, 3.63) is 63.0 Å². The second-order valence-electron chi connectivity index (χ2n) is 4.12. The maximum Gasteiger partial charge on any atom is 0.253 e. The van der Waals surface area contributed by atoms with Crippen LogP contribution in [0.15, 0.2) is 41.3 Å². The van der Waals surface area contributed by atoms with Gasteiger partial charge in [-0.2, -0.15) is 0 Å². The minimum Gasteiger partial charge on any atom is -0.497 e. The molecule has 2 aromatic rings. The van der Waals surface area contributed by atoms with Gasteiger partial charge in [-0.3, -0.25) is 4.79 Å². The van der Waals surface area contributed by atoms with Crippen LogP contribution in [-0.2, 0) is 6.54 Å². The van der Waals surface area contributed by atoms with Gasteiger partial charge in [-0.1, -0.05) is 23.7 Å². The Morgan fingerprint density at radius 2 is 1.94 bits per heavy atom. The Bertz CT molecular complexity index is 602. The fourth-order valence-corrected chi connectivity index (χ4v) is 2.07. The van der Waals surface area contributed by atoms with E-state index in [0.717, 1.165) is 11.3 Å². The van der Waals surface area contributed by atoms with E-state index in [1.165, 1.54) is 0 Å². The predicted molar refractivity (Wildman–Crippen MR) is 72.5 cm³/mol.